The molecule has 0 bridgehead atoms. The summed E-state index contributed by atoms with van der Waals surface area (Å²) >= 11 is 0. The van der Waals surface area contributed by atoms with E-state index in [-0.39, 0.29) is 17.5 Å². The molecule has 0 aliphatic rings. The van der Waals surface area contributed by atoms with E-state index in [0.717, 1.165) is 11.3 Å². The lowest BCUT2D eigenvalue weighted by Crippen LogP contribution is -2.10. The van der Waals surface area contributed by atoms with Gasteiger partial charge in [0.2, 0.25) is 5.82 Å². The van der Waals surface area contributed by atoms with Gasteiger partial charge in [0.1, 0.15) is 0 Å². The summed E-state index contributed by atoms with van der Waals surface area (Å²) in [5, 5.41) is 14.0. The van der Waals surface area contributed by atoms with Crippen LogP contribution < -0.4 is 5.32 Å². The lowest BCUT2D eigenvalue weighted by atomic mass is 10.1. The fourth-order valence-corrected chi connectivity index (χ4v) is 1.72. The molecule has 2 rings (SSSR count). The van der Waals surface area contributed by atoms with Crippen LogP contribution in [-0.4, -0.2) is 14.9 Å². The number of nitrogens with one attached hydrogen (secondary N) is 1. The summed E-state index contributed by atoms with van der Waals surface area (Å²) in [4.78, 5) is 18.7. The van der Waals surface area contributed by atoms with Crippen molar-refractivity contribution in [1.29, 1.82) is 0 Å². The average molecular weight is 258 g/mol. The molecular formula is C13H14N4O2. The Bertz CT molecular complexity index is 586. The quantitative estimate of drug-likeness (QED) is 0.673. The van der Waals surface area contributed by atoms with Crippen LogP contribution >= 0.6 is 0 Å². The monoisotopic (exact) mass is 258 g/mol. The van der Waals surface area contributed by atoms with Gasteiger partial charge >= 0.3 is 5.69 Å². The number of hydrogen-bond donors (Lipinski definition) is 1. The maximum absolute atomic E-state index is 11.0. The van der Waals surface area contributed by atoms with Crippen LogP contribution in [0.1, 0.15) is 24.2 Å². The Kier molecular flexibility index (Phi) is 3.70. The van der Waals surface area contributed by atoms with Crippen LogP contribution in [0.5, 0.6) is 0 Å². The van der Waals surface area contributed by atoms with E-state index in [2.05, 4.69) is 15.3 Å². The van der Waals surface area contributed by atoms with Crippen molar-refractivity contribution in [3.8, 4) is 0 Å². The summed E-state index contributed by atoms with van der Waals surface area (Å²) in [7, 11) is 0. The molecule has 0 saturated carbocycles. The zero-order valence-corrected chi connectivity index (χ0v) is 10.7. The number of rotatable bonds is 4. The van der Waals surface area contributed by atoms with Crippen molar-refractivity contribution < 1.29 is 4.92 Å². The lowest BCUT2D eigenvalue weighted by molar-refractivity contribution is -0.384. The highest BCUT2D eigenvalue weighted by molar-refractivity contribution is 5.57. The van der Waals surface area contributed by atoms with Gasteiger partial charge in [-0.15, -0.1) is 0 Å². The molecule has 0 aliphatic heterocycles. The maximum atomic E-state index is 11.0. The molecule has 1 unspecified atom stereocenters. The predicted octanol–water partition coefficient (Wildman–Crippen LogP) is 2.87. The van der Waals surface area contributed by atoms with Gasteiger partial charge in [0, 0.05) is 24.2 Å². The highest BCUT2D eigenvalue weighted by Gasteiger charge is 2.17. The SMILES string of the molecule is Cc1ccc([N+](=O)[O-])c(NC(C)c2cccnc2)n1. The maximum Gasteiger partial charge on any atom is 0.311 e. The third kappa shape index (κ3) is 3.04. The minimum atomic E-state index is -0.440. The zero-order valence-electron chi connectivity index (χ0n) is 10.7. The smallest absolute Gasteiger partial charge is 0.311 e. The molecule has 2 aromatic rings. The van der Waals surface area contributed by atoms with Crippen molar-refractivity contribution in [2.75, 3.05) is 5.32 Å². The Morgan fingerprint density at radius 2 is 2.16 bits per heavy atom. The normalized spacial score (nSPS) is 11.9. The molecule has 1 N–H and O–H groups in total. The van der Waals surface area contributed by atoms with Gasteiger partial charge in [-0.3, -0.25) is 15.1 Å². The first-order valence-electron chi connectivity index (χ1n) is 5.86. The minimum absolute atomic E-state index is 0.0265. The van der Waals surface area contributed by atoms with Gasteiger partial charge in [-0.25, -0.2) is 4.98 Å². The third-order valence-electron chi connectivity index (χ3n) is 2.75. The van der Waals surface area contributed by atoms with Gasteiger partial charge in [0.25, 0.3) is 0 Å². The number of hydrogen-bond acceptors (Lipinski definition) is 5. The second-order valence-electron chi connectivity index (χ2n) is 4.23. The van der Waals surface area contributed by atoms with Gasteiger partial charge in [0.05, 0.1) is 11.0 Å². The van der Waals surface area contributed by atoms with Crippen LogP contribution in [0.25, 0.3) is 0 Å². The molecule has 2 heterocycles. The molecule has 19 heavy (non-hydrogen) atoms. The molecule has 0 amide bonds. The molecule has 0 aromatic carbocycles. The van der Waals surface area contributed by atoms with E-state index in [9.17, 15) is 10.1 Å². The van der Waals surface area contributed by atoms with Gasteiger partial charge in [0.15, 0.2) is 0 Å². The molecule has 1 atom stereocenters. The standard InChI is InChI=1S/C13H14N4O2/c1-9-5-6-12(17(18)19)13(15-9)16-10(2)11-4-3-7-14-8-11/h3-8,10H,1-2H3,(H,15,16). The second-order valence-corrected chi connectivity index (χ2v) is 4.23. The third-order valence-corrected chi connectivity index (χ3v) is 2.75. The van der Waals surface area contributed by atoms with Crippen molar-refractivity contribution in [3.63, 3.8) is 0 Å². The van der Waals surface area contributed by atoms with Crippen LogP contribution in [0, 0.1) is 17.0 Å². The Morgan fingerprint density at radius 1 is 1.37 bits per heavy atom. The minimum Gasteiger partial charge on any atom is -0.358 e. The second kappa shape index (κ2) is 5.43. The number of anilines is 1. The highest BCUT2D eigenvalue weighted by Crippen LogP contribution is 2.26. The zero-order chi connectivity index (χ0) is 13.8. The highest BCUT2D eigenvalue weighted by atomic mass is 16.6. The Labute approximate surface area is 110 Å². The average Bonchev–Trinajstić information content (AvgIpc) is 2.39. The molecule has 98 valence electrons. The van der Waals surface area contributed by atoms with Crippen molar-refractivity contribution >= 4 is 11.5 Å². The van der Waals surface area contributed by atoms with E-state index in [4.69, 9.17) is 0 Å². The summed E-state index contributed by atoms with van der Waals surface area (Å²) < 4.78 is 0. The Balaban J connectivity index is 2.28. The topological polar surface area (TPSA) is 81.0 Å². The number of aromatic nitrogens is 2. The van der Waals surface area contributed by atoms with E-state index < -0.39 is 4.92 Å². The lowest BCUT2D eigenvalue weighted by Gasteiger charge is -2.14. The first kappa shape index (κ1) is 12.9. The van der Waals surface area contributed by atoms with Crippen LogP contribution in [0.4, 0.5) is 11.5 Å². The number of nitro groups is 1. The van der Waals surface area contributed by atoms with E-state index in [1.807, 2.05) is 19.1 Å². The van der Waals surface area contributed by atoms with Gasteiger partial charge in [-0.05, 0) is 31.5 Å². The number of nitrogens with zero attached hydrogens (tertiary/aromatic N) is 3. The largest absolute Gasteiger partial charge is 0.358 e. The summed E-state index contributed by atoms with van der Waals surface area (Å²) in [5.74, 6) is 0.279. The summed E-state index contributed by atoms with van der Waals surface area (Å²) in [5.41, 5.74) is 1.65. The van der Waals surface area contributed by atoms with Gasteiger partial charge in [-0.2, -0.15) is 0 Å². The van der Waals surface area contributed by atoms with Crippen molar-refractivity contribution in [2.24, 2.45) is 0 Å². The number of pyridine rings is 2. The summed E-state index contributed by atoms with van der Waals surface area (Å²) in [6.45, 7) is 3.70. The Morgan fingerprint density at radius 3 is 2.79 bits per heavy atom. The van der Waals surface area contributed by atoms with Crippen molar-refractivity contribution in [1.82, 2.24) is 9.97 Å². The first-order chi connectivity index (χ1) is 9.08. The van der Waals surface area contributed by atoms with Gasteiger partial charge < -0.3 is 5.32 Å². The van der Waals surface area contributed by atoms with E-state index in [1.165, 1.54) is 6.07 Å². The molecule has 0 saturated heterocycles. The van der Waals surface area contributed by atoms with Crippen molar-refractivity contribution in [2.45, 2.75) is 19.9 Å². The molecule has 0 spiro atoms. The van der Waals surface area contributed by atoms with E-state index in [1.54, 1.807) is 25.4 Å². The van der Waals surface area contributed by atoms with Crippen LogP contribution in [0.3, 0.4) is 0 Å². The fourth-order valence-electron chi connectivity index (χ4n) is 1.72. The van der Waals surface area contributed by atoms with Crippen LogP contribution in [0.2, 0.25) is 0 Å². The molecule has 0 radical (unpaired) electrons. The van der Waals surface area contributed by atoms with Crippen molar-refractivity contribution in [3.05, 3.63) is 58.0 Å². The summed E-state index contributed by atoms with van der Waals surface area (Å²) in [6.07, 6.45) is 3.41. The Hall–Kier alpha value is -2.50. The van der Waals surface area contributed by atoms with Crippen LogP contribution in [-0.2, 0) is 0 Å². The molecule has 0 aliphatic carbocycles. The number of aryl methyl sites for hydroxylation is 1. The molecular weight excluding hydrogens is 244 g/mol. The first-order valence-corrected chi connectivity index (χ1v) is 5.86. The van der Waals surface area contributed by atoms with E-state index in [0.29, 0.717) is 0 Å². The predicted molar refractivity (Wildman–Crippen MR) is 71.9 cm³/mol. The fraction of sp³-hybridized carbons (Fsp3) is 0.231. The molecule has 0 fully saturated rings. The van der Waals surface area contributed by atoms with E-state index >= 15 is 0 Å². The molecule has 6 nitrogen and oxygen atoms in total. The molecule has 6 heteroatoms. The van der Waals surface area contributed by atoms with Crippen LogP contribution in [0.15, 0.2) is 36.7 Å². The summed E-state index contributed by atoms with van der Waals surface area (Å²) in [6, 6.07) is 6.71. The molecule has 2 aromatic heterocycles. The van der Waals surface area contributed by atoms with Gasteiger partial charge in [-0.1, -0.05) is 6.07 Å².